The Kier molecular flexibility index (Phi) is 3.62. The normalized spacial score (nSPS) is 15.6. The maximum atomic E-state index is 9.30. The molecule has 0 amide bonds. The minimum absolute atomic E-state index is 0.0659. The second-order valence-electron chi connectivity index (χ2n) is 10.7. The molecule has 45 heavy (non-hydrogen) atoms. The lowest BCUT2D eigenvalue weighted by Gasteiger charge is -2.18. The largest absolute Gasteiger partial charge is 0.456 e. The Morgan fingerprint density at radius 2 is 0.844 bits per heavy atom. The summed E-state index contributed by atoms with van der Waals surface area (Å²) >= 11 is 0. The first-order chi connectivity index (χ1) is 27.7. The van der Waals surface area contributed by atoms with Crippen LogP contribution in [-0.4, -0.2) is 0 Å². The van der Waals surface area contributed by atoms with Gasteiger partial charge in [0.1, 0.15) is 11.2 Å². The summed E-state index contributed by atoms with van der Waals surface area (Å²) in [6.07, 6.45) is 0. The van der Waals surface area contributed by atoms with Crippen molar-refractivity contribution in [2.75, 3.05) is 0 Å². The molecule has 0 atom stereocenters. The lowest BCUT2D eigenvalue weighted by molar-refractivity contribution is 0.669. The molecule has 8 aromatic carbocycles. The van der Waals surface area contributed by atoms with E-state index in [0.29, 0.717) is 22.3 Å². The van der Waals surface area contributed by atoms with Gasteiger partial charge in [0.15, 0.2) is 0 Å². The smallest absolute Gasteiger partial charge is 0.136 e. The highest BCUT2D eigenvalue weighted by atomic mass is 16.3. The van der Waals surface area contributed by atoms with Crippen molar-refractivity contribution in [2.24, 2.45) is 0 Å². The number of hydrogen-bond donors (Lipinski definition) is 0. The third kappa shape index (κ3) is 4.09. The Morgan fingerprint density at radius 3 is 1.44 bits per heavy atom. The molecular weight excluding hydrogens is 544 g/mol. The SMILES string of the molecule is [2H]c1c([2H])c([2H])c(-c2c3c([2H])c([2H])c([2H])c([2H])c3c(-c3cccc(-c4cccc5oc6cccc(-c7ccccc7)c6c45)c3)c3c([2H])c([2H])c([2H])c([2H])c23)c([2H])c1[2H]. The first kappa shape index (κ1) is 15.7. The molecule has 1 heterocycles. The van der Waals surface area contributed by atoms with Crippen LogP contribution in [0.3, 0.4) is 0 Å². The van der Waals surface area contributed by atoms with Gasteiger partial charge in [-0.3, -0.25) is 0 Å². The fourth-order valence-corrected chi connectivity index (χ4v) is 6.35. The van der Waals surface area contributed by atoms with Gasteiger partial charge in [-0.2, -0.15) is 0 Å². The lowest BCUT2D eigenvalue weighted by Crippen LogP contribution is -1.91. The van der Waals surface area contributed by atoms with Crippen LogP contribution in [0, 0.1) is 0 Å². The topological polar surface area (TPSA) is 13.1 Å². The second-order valence-corrected chi connectivity index (χ2v) is 10.7. The van der Waals surface area contributed by atoms with Crippen molar-refractivity contribution in [2.45, 2.75) is 0 Å². The minimum atomic E-state index is -0.716. The second kappa shape index (κ2) is 10.4. The van der Waals surface area contributed by atoms with Gasteiger partial charge in [0.05, 0.1) is 17.8 Å². The highest BCUT2D eigenvalue weighted by Crippen LogP contribution is 2.46. The van der Waals surface area contributed by atoms with Crippen LogP contribution in [0.1, 0.15) is 17.8 Å². The van der Waals surface area contributed by atoms with Gasteiger partial charge < -0.3 is 4.42 Å². The van der Waals surface area contributed by atoms with E-state index < -0.39 is 84.1 Å². The zero-order valence-corrected chi connectivity index (χ0v) is 23.6. The molecule has 0 spiro atoms. The van der Waals surface area contributed by atoms with E-state index in [4.69, 9.17) is 16.8 Å². The van der Waals surface area contributed by atoms with Crippen molar-refractivity contribution in [1.29, 1.82) is 0 Å². The zero-order chi connectivity index (χ0) is 41.1. The van der Waals surface area contributed by atoms with E-state index in [1.165, 1.54) is 0 Å². The van der Waals surface area contributed by atoms with Crippen LogP contribution in [0.2, 0.25) is 0 Å². The molecule has 210 valence electrons. The monoisotopic (exact) mass is 585 g/mol. The first-order valence-corrected chi connectivity index (χ1v) is 14.4. The van der Waals surface area contributed by atoms with Crippen LogP contribution in [0.25, 0.3) is 88.0 Å². The van der Waals surface area contributed by atoms with Gasteiger partial charge in [-0.1, -0.05) is 151 Å². The van der Waals surface area contributed by atoms with Gasteiger partial charge in [0, 0.05) is 10.8 Å². The standard InChI is InChI=1S/C44H28O/c1-3-14-29(15-4-1)33-24-12-26-39-43(33)44-34(25-13-27-40(44)45-39)31-18-11-19-32(28-31)42-37-22-9-7-20-35(37)41(30-16-5-2-6-17-30)36-21-8-10-23-38(36)42/h1-28H/i2D,5D,6D,7D,8D,9D,10D,16D,17D,20D,21D,22D,23D. The molecule has 9 aromatic rings. The molecular formula is C44H28O. The van der Waals surface area contributed by atoms with Crippen LogP contribution in [0.4, 0.5) is 0 Å². The molecule has 0 N–H and O–H groups in total. The summed E-state index contributed by atoms with van der Waals surface area (Å²) in [5, 5.41) is 0.924. The van der Waals surface area contributed by atoms with E-state index in [1.54, 1.807) is 18.2 Å². The average molecular weight is 586 g/mol. The van der Waals surface area contributed by atoms with Crippen molar-refractivity contribution in [3.63, 3.8) is 0 Å². The Bertz CT molecular complexity index is 3150. The van der Waals surface area contributed by atoms with Crippen LogP contribution in [0.5, 0.6) is 0 Å². The summed E-state index contributed by atoms with van der Waals surface area (Å²) in [7, 11) is 0. The fraction of sp³-hybridized carbons (Fsp3) is 0. The van der Waals surface area contributed by atoms with E-state index in [1.807, 2.05) is 72.8 Å². The Morgan fingerprint density at radius 1 is 0.378 bits per heavy atom. The van der Waals surface area contributed by atoms with E-state index in [0.717, 1.165) is 27.5 Å². The van der Waals surface area contributed by atoms with Gasteiger partial charge in [-0.25, -0.2) is 0 Å². The summed E-state index contributed by atoms with van der Waals surface area (Å²) in [6.45, 7) is 0. The number of benzene rings is 8. The maximum Gasteiger partial charge on any atom is 0.136 e. The van der Waals surface area contributed by atoms with Crippen LogP contribution in [-0.2, 0) is 0 Å². The minimum Gasteiger partial charge on any atom is -0.456 e. The molecule has 1 heteroatoms. The number of furan rings is 1. The quantitative estimate of drug-likeness (QED) is 0.187. The van der Waals surface area contributed by atoms with Crippen molar-refractivity contribution < 1.29 is 22.2 Å². The van der Waals surface area contributed by atoms with Crippen molar-refractivity contribution >= 4 is 43.5 Å². The van der Waals surface area contributed by atoms with Crippen molar-refractivity contribution in [3.05, 3.63) is 170 Å². The zero-order valence-electron chi connectivity index (χ0n) is 36.6. The summed E-state index contributed by atoms with van der Waals surface area (Å²) in [4.78, 5) is 0. The molecule has 0 radical (unpaired) electrons. The number of hydrogen-bond acceptors (Lipinski definition) is 1. The van der Waals surface area contributed by atoms with E-state index >= 15 is 0 Å². The average Bonchev–Trinajstić information content (AvgIpc) is 3.64. The van der Waals surface area contributed by atoms with Gasteiger partial charge in [-0.15, -0.1) is 0 Å². The Hall–Kier alpha value is -5.92. The Labute approximate surface area is 279 Å². The summed E-state index contributed by atoms with van der Waals surface area (Å²) in [5.41, 5.74) is 4.33. The molecule has 1 nitrogen and oxygen atoms in total. The van der Waals surface area contributed by atoms with Gasteiger partial charge >= 0.3 is 0 Å². The van der Waals surface area contributed by atoms with E-state index in [2.05, 4.69) is 0 Å². The fourth-order valence-electron chi connectivity index (χ4n) is 6.35. The molecule has 0 unspecified atom stereocenters. The van der Waals surface area contributed by atoms with Gasteiger partial charge in [0.2, 0.25) is 0 Å². The molecule has 0 fully saturated rings. The maximum absolute atomic E-state index is 9.30. The van der Waals surface area contributed by atoms with E-state index in [9.17, 15) is 5.48 Å². The first-order valence-electron chi connectivity index (χ1n) is 20.9. The molecule has 0 saturated carbocycles. The molecule has 1 aromatic heterocycles. The predicted molar refractivity (Wildman–Crippen MR) is 190 cm³/mol. The van der Waals surface area contributed by atoms with Crippen LogP contribution < -0.4 is 0 Å². The number of fused-ring (bicyclic) bond motifs is 5. The lowest BCUT2D eigenvalue weighted by atomic mass is 9.85. The molecule has 0 bridgehead atoms. The van der Waals surface area contributed by atoms with Crippen molar-refractivity contribution in [1.82, 2.24) is 0 Å². The molecule has 0 aliphatic rings. The van der Waals surface area contributed by atoms with Gasteiger partial charge in [0.25, 0.3) is 0 Å². The summed E-state index contributed by atoms with van der Waals surface area (Å²) in [6, 6.07) is 20.2. The highest BCUT2D eigenvalue weighted by Gasteiger charge is 2.19. The molecule has 0 aliphatic heterocycles. The number of rotatable bonds is 4. The molecule has 9 rings (SSSR count). The van der Waals surface area contributed by atoms with Crippen LogP contribution in [0.15, 0.2) is 174 Å². The van der Waals surface area contributed by atoms with Crippen LogP contribution >= 0.6 is 0 Å². The third-order valence-electron chi connectivity index (χ3n) is 8.19. The van der Waals surface area contributed by atoms with Gasteiger partial charge in [-0.05, 0) is 84.3 Å². The predicted octanol–water partition coefficient (Wildman–Crippen LogP) is 12.6. The third-order valence-corrected chi connectivity index (χ3v) is 8.19. The molecule has 0 aliphatic carbocycles. The van der Waals surface area contributed by atoms with Crippen molar-refractivity contribution in [3.8, 4) is 44.5 Å². The molecule has 0 saturated heterocycles. The summed E-state index contributed by atoms with van der Waals surface area (Å²) in [5.74, 6) is 0. The highest BCUT2D eigenvalue weighted by molar-refractivity contribution is 6.22. The van der Waals surface area contributed by atoms with E-state index in [-0.39, 0.29) is 32.7 Å². The summed E-state index contributed by atoms with van der Waals surface area (Å²) < 4.78 is 121. The Balaban J connectivity index is 1.46.